The number of rotatable bonds is 5. The van der Waals surface area contributed by atoms with Crippen molar-refractivity contribution in [1.82, 2.24) is 9.97 Å². The first kappa shape index (κ1) is 25.3. The van der Waals surface area contributed by atoms with Gasteiger partial charge in [-0.1, -0.05) is 6.07 Å². The Balaban J connectivity index is 1.93. The van der Waals surface area contributed by atoms with Crippen molar-refractivity contribution >= 4 is 17.0 Å². The van der Waals surface area contributed by atoms with Gasteiger partial charge in [0.1, 0.15) is 16.9 Å². The first-order valence-corrected chi connectivity index (χ1v) is 10.7. The standard InChI is InChI=1S/C22H27F6N3O2/c1-20(2,3)33-19(32)13(10-22(26,27)28)12-4-5-14-17(15(12)23)31-18(30-14)16(29)11-6-8-21(24,25)9-7-11/h4-5,11,13,16H,6-10,29H2,1-3H3,(H,30,31)/t13?,16-/m0/s1. The van der Waals surface area contributed by atoms with Crippen LogP contribution in [0.3, 0.4) is 0 Å². The van der Waals surface area contributed by atoms with Crippen molar-refractivity contribution in [2.24, 2.45) is 11.7 Å². The zero-order valence-electron chi connectivity index (χ0n) is 18.5. The number of aromatic amines is 1. The number of hydrogen-bond acceptors (Lipinski definition) is 4. The summed E-state index contributed by atoms with van der Waals surface area (Å²) in [6.07, 6.45) is -6.61. The van der Waals surface area contributed by atoms with Crippen molar-refractivity contribution in [2.45, 2.75) is 82.5 Å². The molecular weight excluding hydrogens is 452 g/mol. The topological polar surface area (TPSA) is 81.0 Å². The molecule has 1 saturated carbocycles. The lowest BCUT2D eigenvalue weighted by Gasteiger charge is -2.31. The molecule has 184 valence electrons. The van der Waals surface area contributed by atoms with Gasteiger partial charge in [-0.3, -0.25) is 4.79 Å². The highest BCUT2D eigenvalue weighted by Gasteiger charge is 2.41. The molecule has 1 aliphatic carbocycles. The highest BCUT2D eigenvalue weighted by Crippen LogP contribution is 2.41. The molecule has 2 aromatic rings. The number of carbonyl (C=O) groups is 1. The van der Waals surface area contributed by atoms with Gasteiger partial charge in [-0.05, 0) is 45.6 Å². The monoisotopic (exact) mass is 479 g/mol. The Kier molecular flexibility index (Phi) is 6.76. The number of nitrogens with two attached hydrogens (primary N) is 1. The minimum absolute atomic E-state index is 0.154. The third kappa shape index (κ3) is 6.18. The highest BCUT2D eigenvalue weighted by atomic mass is 19.4. The van der Waals surface area contributed by atoms with E-state index in [0.717, 1.165) is 6.07 Å². The molecule has 1 aliphatic rings. The van der Waals surface area contributed by atoms with E-state index in [1.165, 1.54) is 26.8 Å². The van der Waals surface area contributed by atoms with Crippen LogP contribution in [0, 0.1) is 11.7 Å². The fraction of sp³-hybridized carbons (Fsp3) is 0.636. The number of ether oxygens (including phenoxy) is 1. The van der Waals surface area contributed by atoms with E-state index in [-0.39, 0.29) is 48.5 Å². The van der Waals surface area contributed by atoms with Gasteiger partial charge in [-0.2, -0.15) is 13.2 Å². The van der Waals surface area contributed by atoms with E-state index in [9.17, 15) is 26.7 Å². The maximum Gasteiger partial charge on any atom is 0.390 e. The molecule has 0 saturated heterocycles. The predicted octanol–water partition coefficient (Wildman–Crippen LogP) is 5.91. The van der Waals surface area contributed by atoms with Gasteiger partial charge >= 0.3 is 12.1 Å². The molecule has 0 aliphatic heterocycles. The summed E-state index contributed by atoms with van der Waals surface area (Å²) in [5, 5.41) is 0. The number of aromatic nitrogens is 2. The second kappa shape index (κ2) is 8.81. The van der Waals surface area contributed by atoms with Crippen molar-refractivity contribution in [2.75, 3.05) is 0 Å². The molecule has 1 fully saturated rings. The number of nitrogens with one attached hydrogen (secondary N) is 1. The van der Waals surface area contributed by atoms with E-state index in [2.05, 4.69) is 9.97 Å². The van der Waals surface area contributed by atoms with E-state index < -0.39 is 53.4 Å². The van der Waals surface area contributed by atoms with E-state index in [1.54, 1.807) is 0 Å². The van der Waals surface area contributed by atoms with E-state index in [4.69, 9.17) is 10.5 Å². The number of imidazole rings is 1. The Morgan fingerprint density at radius 2 is 1.85 bits per heavy atom. The van der Waals surface area contributed by atoms with Crippen molar-refractivity contribution in [3.63, 3.8) is 0 Å². The van der Waals surface area contributed by atoms with E-state index >= 15 is 4.39 Å². The van der Waals surface area contributed by atoms with Gasteiger partial charge in [0.25, 0.3) is 0 Å². The van der Waals surface area contributed by atoms with Crippen molar-refractivity contribution in [3.05, 3.63) is 29.3 Å². The normalized spacial score (nSPS) is 19.5. The fourth-order valence-electron chi connectivity index (χ4n) is 4.07. The lowest BCUT2D eigenvalue weighted by molar-refractivity contribution is -0.169. The van der Waals surface area contributed by atoms with E-state index in [0.29, 0.717) is 0 Å². The number of H-pyrrole nitrogens is 1. The molecule has 1 aromatic heterocycles. The molecule has 1 unspecified atom stereocenters. The van der Waals surface area contributed by atoms with Crippen LogP contribution in [0.5, 0.6) is 0 Å². The number of benzene rings is 1. The molecule has 1 aromatic carbocycles. The van der Waals surface area contributed by atoms with Crippen LogP contribution in [-0.2, 0) is 9.53 Å². The molecule has 0 amide bonds. The number of hydrogen-bond donors (Lipinski definition) is 2. The van der Waals surface area contributed by atoms with Crippen LogP contribution in [0.25, 0.3) is 11.0 Å². The van der Waals surface area contributed by atoms with Crippen molar-refractivity contribution < 1.29 is 35.9 Å². The summed E-state index contributed by atoms with van der Waals surface area (Å²) in [6.45, 7) is 4.49. The summed E-state index contributed by atoms with van der Waals surface area (Å²) >= 11 is 0. The van der Waals surface area contributed by atoms with Crippen LogP contribution in [0.1, 0.15) is 76.2 Å². The predicted molar refractivity (Wildman–Crippen MR) is 109 cm³/mol. The molecule has 1 heterocycles. The Morgan fingerprint density at radius 1 is 1.24 bits per heavy atom. The van der Waals surface area contributed by atoms with Crippen LogP contribution in [0.2, 0.25) is 0 Å². The maximum atomic E-state index is 15.3. The molecule has 33 heavy (non-hydrogen) atoms. The van der Waals surface area contributed by atoms with Crippen LogP contribution >= 0.6 is 0 Å². The summed E-state index contributed by atoms with van der Waals surface area (Å²) in [6, 6.07) is 1.64. The average Bonchev–Trinajstić information content (AvgIpc) is 3.09. The summed E-state index contributed by atoms with van der Waals surface area (Å²) in [7, 11) is 0. The van der Waals surface area contributed by atoms with Crippen molar-refractivity contribution in [3.8, 4) is 0 Å². The van der Waals surface area contributed by atoms with E-state index in [1.807, 2.05) is 0 Å². The number of fused-ring (bicyclic) bond motifs is 1. The summed E-state index contributed by atoms with van der Waals surface area (Å²) in [5.41, 5.74) is 4.54. The van der Waals surface area contributed by atoms with Gasteiger partial charge < -0.3 is 15.5 Å². The van der Waals surface area contributed by atoms with Gasteiger partial charge in [0, 0.05) is 18.4 Å². The molecule has 0 bridgehead atoms. The number of halogens is 6. The van der Waals surface area contributed by atoms with Gasteiger partial charge in [-0.15, -0.1) is 0 Å². The van der Waals surface area contributed by atoms with Crippen LogP contribution < -0.4 is 5.73 Å². The second-order valence-corrected chi connectivity index (χ2v) is 9.61. The van der Waals surface area contributed by atoms with Gasteiger partial charge in [-0.25, -0.2) is 18.2 Å². The third-order valence-electron chi connectivity index (χ3n) is 5.73. The first-order chi connectivity index (χ1) is 15.1. The van der Waals surface area contributed by atoms with Crippen LogP contribution in [0.15, 0.2) is 12.1 Å². The minimum Gasteiger partial charge on any atom is -0.459 e. The molecule has 5 nitrogen and oxygen atoms in total. The average molecular weight is 479 g/mol. The summed E-state index contributed by atoms with van der Waals surface area (Å²) in [4.78, 5) is 19.5. The lowest BCUT2D eigenvalue weighted by atomic mass is 9.82. The van der Waals surface area contributed by atoms with Gasteiger partial charge in [0.05, 0.1) is 23.9 Å². The number of alkyl halides is 5. The Hall–Kier alpha value is -2.30. The Morgan fingerprint density at radius 3 is 2.39 bits per heavy atom. The van der Waals surface area contributed by atoms with Crippen LogP contribution in [-0.4, -0.2) is 33.6 Å². The third-order valence-corrected chi connectivity index (χ3v) is 5.73. The summed E-state index contributed by atoms with van der Waals surface area (Å²) in [5.74, 6) is -7.08. The van der Waals surface area contributed by atoms with Crippen molar-refractivity contribution in [1.29, 1.82) is 0 Å². The maximum absolute atomic E-state index is 15.3. The molecule has 0 radical (unpaired) electrons. The molecule has 2 atom stereocenters. The number of nitrogens with zero attached hydrogens (tertiary/aromatic N) is 1. The largest absolute Gasteiger partial charge is 0.459 e. The molecule has 3 rings (SSSR count). The smallest absolute Gasteiger partial charge is 0.390 e. The fourth-order valence-corrected chi connectivity index (χ4v) is 4.07. The van der Waals surface area contributed by atoms with Gasteiger partial charge in [0.2, 0.25) is 5.92 Å². The number of esters is 1. The molecule has 3 N–H and O–H groups in total. The molecule has 0 spiro atoms. The SMILES string of the molecule is CC(C)(C)OC(=O)C(CC(F)(F)F)c1ccc2[nH]c([C@@H](N)C3CCC(F)(F)CC3)nc2c1F. The Bertz CT molecular complexity index is 1000. The lowest BCUT2D eigenvalue weighted by Crippen LogP contribution is -2.31. The summed E-state index contributed by atoms with van der Waals surface area (Å²) < 4.78 is 86.8. The first-order valence-electron chi connectivity index (χ1n) is 10.7. The quantitative estimate of drug-likeness (QED) is 0.413. The molecule has 11 heteroatoms. The Labute approximate surface area is 187 Å². The molecular formula is C22H27F6N3O2. The second-order valence-electron chi connectivity index (χ2n) is 9.61. The van der Waals surface area contributed by atoms with Crippen LogP contribution in [0.4, 0.5) is 26.3 Å². The zero-order valence-corrected chi connectivity index (χ0v) is 18.5. The highest BCUT2D eigenvalue weighted by molar-refractivity contribution is 5.83. The number of carbonyl (C=O) groups excluding carboxylic acids is 1. The zero-order chi connectivity index (χ0) is 24.8. The van der Waals surface area contributed by atoms with Gasteiger partial charge in [0.15, 0.2) is 5.82 Å². The minimum atomic E-state index is -4.74.